The molecule has 0 saturated carbocycles. The lowest BCUT2D eigenvalue weighted by molar-refractivity contribution is 0.0778. The van der Waals surface area contributed by atoms with Crippen LogP contribution in [-0.2, 0) is 6.54 Å². The molecule has 4 nitrogen and oxygen atoms in total. The molecule has 0 saturated heterocycles. The van der Waals surface area contributed by atoms with Crippen molar-refractivity contribution < 1.29 is 13.6 Å². The molecule has 1 amide bonds. The number of carbonyl (C=O) groups is 1. The molecule has 2 aromatic rings. The van der Waals surface area contributed by atoms with Gasteiger partial charge in [0, 0.05) is 18.8 Å². The zero-order valence-electron chi connectivity index (χ0n) is 11.7. The van der Waals surface area contributed by atoms with Crippen LogP contribution >= 0.6 is 0 Å². The first kappa shape index (κ1) is 14.9. The van der Waals surface area contributed by atoms with E-state index < -0.39 is 17.5 Å². The topological polar surface area (TPSA) is 59.2 Å². The minimum absolute atomic E-state index is 0.219. The van der Waals surface area contributed by atoms with E-state index in [0.29, 0.717) is 11.8 Å². The molecule has 0 fully saturated rings. The molecule has 1 aromatic heterocycles. The molecule has 6 heteroatoms. The van der Waals surface area contributed by atoms with E-state index in [-0.39, 0.29) is 17.8 Å². The van der Waals surface area contributed by atoms with Gasteiger partial charge in [-0.05, 0) is 25.1 Å². The van der Waals surface area contributed by atoms with E-state index >= 15 is 0 Å². The lowest BCUT2D eigenvalue weighted by Gasteiger charge is -2.17. The number of anilines is 1. The van der Waals surface area contributed by atoms with Crippen LogP contribution in [0.1, 0.15) is 21.7 Å². The molecule has 0 aliphatic carbocycles. The number of carbonyl (C=O) groups excluding carboxylic acids is 1. The predicted octanol–water partition coefficient (Wildman–Crippen LogP) is 2.52. The third-order valence-corrected chi connectivity index (χ3v) is 3.01. The van der Waals surface area contributed by atoms with Crippen molar-refractivity contribution in [3.05, 3.63) is 58.9 Å². The second-order valence-corrected chi connectivity index (χ2v) is 4.79. The minimum Gasteiger partial charge on any atom is -0.396 e. The summed E-state index contributed by atoms with van der Waals surface area (Å²) in [5.41, 5.74) is 6.36. The van der Waals surface area contributed by atoms with E-state index in [4.69, 9.17) is 5.73 Å². The third-order valence-electron chi connectivity index (χ3n) is 3.01. The van der Waals surface area contributed by atoms with Crippen molar-refractivity contribution >= 4 is 11.6 Å². The van der Waals surface area contributed by atoms with Crippen LogP contribution in [0, 0.1) is 18.6 Å². The second-order valence-electron chi connectivity index (χ2n) is 4.79. The van der Waals surface area contributed by atoms with Crippen LogP contribution in [-0.4, -0.2) is 22.8 Å². The van der Waals surface area contributed by atoms with Crippen LogP contribution in [0.2, 0.25) is 0 Å². The molecule has 0 unspecified atom stereocenters. The van der Waals surface area contributed by atoms with Crippen LogP contribution < -0.4 is 5.73 Å². The van der Waals surface area contributed by atoms with E-state index in [1.807, 2.05) is 19.1 Å². The molecule has 0 aliphatic heterocycles. The van der Waals surface area contributed by atoms with Crippen LogP contribution in [0.3, 0.4) is 0 Å². The van der Waals surface area contributed by atoms with E-state index in [2.05, 4.69) is 4.98 Å². The Morgan fingerprint density at radius 2 is 2.00 bits per heavy atom. The number of nitrogen functional groups attached to an aromatic ring is 1. The zero-order valence-corrected chi connectivity index (χ0v) is 11.7. The maximum absolute atomic E-state index is 13.7. The first-order valence-electron chi connectivity index (χ1n) is 6.31. The summed E-state index contributed by atoms with van der Waals surface area (Å²) in [6.45, 7) is 2.06. The van der Waals surface area contributed by atoms with Gasteiger partial charge in [0.15, 0.2) is 0 Å². The Labute approximate surface area is 121 Å². The van der Waals surface area contributed by atoms with Gasteiger partial charge in [-0.2, -0.15) is 0 Å². The van der Waals surface area contributed by atoms with Gasteiger partial charge in [-0.1, -0.05) is 6.07 Å². The molecule has 0 aliphatic rings. The Balaban J connectivity index is 2.22. The van der Waals surface area contributed by atoms with Crippen LogP contribution in [0.4, 0.5) is 14.5 Å². The average Bonchev–Trinajstić information content (AvgIpc) is 2.42. The fourth-order valence-corrected chi connectivity index (χ4v) is 1.94. The molecule has 1 aromatic carbocycles. The molecule has 0 bridgehead atoms. The van der Waals surface area contributed by atoms with Gasteiger partial charge in [0.2, 0.25) is 0 Å². The number of benzene rings is 1. The fraction of sp³-hybridized carbons (Fsp3) is 0.200. The molecular weight excluding hydrogens is 276 g/mol. The summed E-state index contributed by atoms with van der Waals surface area (Å²) < 4.78 is 26.8. The smallest absolute Gasteiger partial charge is 0.257 e. The van der Waals surface area contributed by atoms with Gasteiger partial charge >= 0.3 is 0 Å². The number of halogens is 2. The minimum atomic E-state index is -0.934. The largest absolute Gasteiger partial charge is 0.396 e. The van der Waals surface area contributed by atoms with Gasteiger partial charge in [0.05, 0.1) is 23.5 Å². The summed E-state index contributed by atoms with van der Waals surface area (Å²) in [5.74, 6) is -2.40. The number of hydrogen-bond acceptors (Lipinski definition) is 3. The maximum Gasteiger partial charge on any atom is 0.257 e. The number of aromatic nitrogens is 1. The monoisotopic (exact) mass is 291 g/mol. The molecular formula is C15H15F2N3O. The number of amides is 1. The Morgan fingerprint density at radius 3 is 2.67 bits per heavy atom. The molecule has 21 heavy (non-hydrogen) atoms. The average molecular weight is 291 g/mol. The highest BCUT2D eigenvalue weighted by Crippen LogP contribution is 2.18. The van der Waals surface area contributed by atoms with Gasteiger partial charge in [-0.3, -0.25) is 9.78 Å². The number of nitrogens with zero attached hydrogens (tertiary/aromatic N) is 2. The summed E-state index contributed by atoms with van der Waals surface area (Å²) in [6.07, 6.45) is 0. The lowest BCUT2D eigenvalue weighted by atomic mass is 10.1. The Kier molecular flexibility index (Phi) is 4.16. The van der Waals surface area contributed by atoms with Gasteiger partial charge in [-0.15, -0.1) is 0 Å². The molecule has 0 radical (unpaired) electrons. The summed E-state index contributed by atoms with van der Waals surface area (Å²) in [6, 6.07) is 7.05. The number of nitrogens with two attached hydrogens (primary N) is 1. The number of pyridine rings is 1. The highest BCUT2D eigenvalue weighted by molar-refractivity contribution is 5.95. The summed E-state index contributed by atoms with van der Waals surface area (Å²) >= 11 is 0. The van der Waals surface area contributed by atoms with Crippen LogP contribution in [0.15, 0.2) is 30.3 Å². The van der Waals surface area contributed by atoms with Crippen molar-refractivity contribution in [1.29, 1.82) is 0 Å². The first-order chi connectivity index (χ1) is 9.88. The SMILES string of the molecule is Cc1cccc(CN(C)C(=O)c2cc(N)c(F)cc2F)n1. The number of rotatable bonds is 3. The summed E-state index contributed by atoms with van der Waals surface area (Å²) in [4.78, 5) is 17.8. The van der Waals surface area contributed by atoms with Crippen molar-refractivity contribution in [2.75, 3.05) is 12.8 Å². The highest BCUT2D eigenvalue weighted by Gasteiger charge is 2.19. The fourth-order valence-electron chi connectivity index (χ4n) is 1.94. The number of aryl methyl sites for hydroxylation is 1. The number of hydrogen-bond donors (Lipinski definition) is 1. The van der Waals surface area contributed by atoms with Crippen molar-refractivity contribution in [1.82, 2.24) is 9.88 Å². The molecule has 2 rings (SSSR count). The van der Waals surface area contributed by atoms with Crippen LogP contribution in [0.25, 0.3) is 0 Å². The van der Waals surface area contributed by atoms with Gasteiger partial charge in [-0.25, -0.2) is 8.78 Å². The Bertz CT molecular complexity index is 689. The molecule has 0 atom stereocenters. The van der Waals surface area contributed by atoms with Crippen molar-refractivity contribution in [3.63, 3.8) is 0 Å². The molecule has 2 N–H and O–H groups in total. The maximum atomic E-state index is 13.7. The van der Waals surface area contributed by atoms with Crippen molar-refractivity contribution in [2.45, 2.75) is 13.5 Å². The lowest BCUT2D eigenvalue weighted by Crippen LogP contribution is -2.27. The van der Waals surface area contributed by atoms with E-state index in [9.17, 15) is 13.6 Å². The molecule has 0 spiro atoms. The summed E-state index contributed by atoms with van der Waals surface area (Å²) in [7, 11) is 1.52. The predicted molar refractivity (Wildman–Crippen MR) is 75.5 cm³/mol. The van der Waals surface area contributed by atoms with Gasteiger partial charge in [0.1, 0.15) is 11.6 Å². The van der Waals surface area contributed by atoms with E-state index in [1.54, 1.807) is 6.07 Å². The summed E-state index contributed by atoms with van der Waals surface area (Å²) in [5, 5.41) is 0. The third kappa shape index (κ3) is 3.34. The highest BCUT2D eigenvalue weighted by atomic mass is 19.1. The second kappa shape index (κ2) is 5.87. The first-order valence-corrected chi connectivity index (χ1v) is 6.31. The van der Waals surface area contributed by atoms with E-state index in [0.717, 1.165) is 11.8 Å². The normalized spacial score (nSPS) is 10.5. The van der Waals surface area contributed by atoms with Gasteiger partial charge in [0.25, 0.3) is 5.91 Å². The Hall–Kier alpha value is -2.50. The Morgan fingerprint density at radius 1 is 1.29 bits per heavy atom. The van der Waals surface area contributed by atoms with Crippen molar-refractivity contribution in [3.8, 4) is 0 Å². The van der Waals surface area contributed by atoms with Crippen LogP contribution in [0.5, 0.6) is 0 Å². The molecule has 110 valence electrons. The quantitative estimate of drug-likeness (QED) is 0.884. The zero-order chi connectivity index (χ0) is 15.6. The van der Waals surface area contributed by atoms with Crippen molar-refractivity contribution in [2.24, 2.45) is 0 Å². The van der Waals surface area contributed by atoms with Gasteiger partial charge < -0.3 is 10.6 Å². The standard InChI is InChI=1S/C15H15F2N3O/c1-9-4-3-5-10(19-9)8-20(2)15(21)11-6-14(18)13(17)7-12(11)16/h3-7H,8,18H2,1-2H3. The molecule has 1 heterocycles. The van der Waals surface area contributed by atoms with E-state index in [1.165, 1.54) is 11.9 Å².